The van der Waals surface area contributed by atoms with Crippen LogP contribution < -0.4 is 0 Å². The number of hydrogen-bond donors (Lipinski definition) is 0. The highest BCUT2D eigenvalue weighted by Gasteiger charge is 2.30. The Morgan fingerprint density at radius 3 is 2.13 bits per heavy atom. The molecule has 0 saturated carbocycles. The number of unbranched alkanes of at least 4 members (excludes halogenated alkanes) is 9. The molecular formula is C42H66O5. The van der Waals surface area contributed by atoms with Crippen LogP contribution in [-0.4, -0.2) is 11.9 Å². The van der Waals surface area contributed by atoms with E-state index in [1.54, 1.807) is 13.2 Å². The van der Waals surface area contributed by atoms with Crippen molar-refractivity contribution in [3.05, 3.63) is 70.6 Å². The van der Waals surface area contributed by atoms with E-state index in [1.165, 1.54) is 74.5 Å². The zero-order valence-corrected chi connectivity index (χ0v) is 30.8. The van der Waals surface area contributed by atoms with Gasteiger partial charge in [-0.15, -0.1) is 0 Å². The molecule has 0 aromatic carbocycles. The quantitative estimate of drug-likeness (QED) is 0.0567. The lowest BCUT2D eigenvalue weighted by atomic mass is 9.99. The maximum atomic E-state index is 12.6. The molecule has 1 aromatic heterocycles. The molecule has 264 valence electrons. The molecular weight excluding hydrogens is 584 g/mol. The van der Waals surface area contributed by atoms with Crippen molar-refractivity contribution in [2.24, 2.45) is 11.8 Å². The first-order chi connectivity index (χ1) is 22.7. The number of rotatable bonds is 26. The van der Waals surface area contributed by atoms with Gasteiger partial charge in [-0.05, 0) is 102 Å². The SMILES string of the molecule is CCC(C)CCCCCCCCCCCCC(=O)OC1=C(C)C(=O)O/C1=C\[C@H](C)CCC/C(C)=C/CC/C(C)=C/CCc1ccoc1. The lowest BCUT2D eigenvalue weighted by Gasteiger charge is -2.11. The third-order valence-corrected chi connectivity index (χ3v) is 9.52. The molecule has 5 heteroatoms. The molecule has 0 spiro atoms. The first kappa shape index (κ1) is 40.4. The van der Waals surface area contributed by atoms with Crippen molar-refractivity contribution in [2.75, 3.05) is 0 Å². The maximum absolute atomic E-state index is 12.6. The highest BCUT2D eigenvalue weighted by atomic mass is 16.6. The van der Waals surface area contributed by atoms with Gasteiger partial charge in [0.05, 0.1) is 18.1 Å². The Labute approximate surface area is 287 Å². The van der Waals surface area contributed by atoms with Gasteiger partial charge in [-0.1, -0.05) is 115 Å². The number of carbonyl (C=O) groups is 2. The number of ether oxygens (including phenoxy) is 2. The van der Waals surface area contributed by atoms with Crippen molar-refractivity contribution < 1.29 is 23.5 Å². The van der Waals surface area contributed by atoms with E-state index in [1.807, 2.05) is 18.4 Å². The van der Waals surface area contributed by atoms with E-state index >= 15 is 0 Å². The van der Waals surface area contributed by atoms with Crippen molar-refractivity contribution in [1.29, 1.82) is 0 Å². The molecule has 2 rings (SSSR count). The minimum Gasteiger partial charge on any atom is -0.472 e. The number of carbonyl (C=O) groups excluding carboxylic acids is 2. The van der Waals surface area contributed by atoms with Crippen LogP contribution in [-0.2, 0) is 25.5 Å². The highest BCUT2D eigenvalue weighted by Crippen LogP contribution is 2.30. The van der Waals surface area contributed by atoms with Crippen molar-refractivity contribution in [3.8, 4) is 0 Å². The van der Waals surface area contributed by atoms with E-state index in [9.17, 15) is 9.59 Å². The monoisotopic (exact) mass is 650 g/mol. The van der Waals surface area contributed by atoms with E-state index in [0.717, 1.165) is 70.1 Å². The van der Waals surface area contributed by atoms with Crippen LogP contribution in [0.4, 0.5) is 0 Å². The van der Waals surface area contributed by atoms with Crippen LogP contribution in [0.2, 0.25) is 0 Å². The van der Waals surface area contributed by atoms with Crippen LogP contribution in [0.5, 0.6) is 0 Å². The summed E-state index contributed by atoms with van der Waals surface area (Å²) in [7, 11) is 0. The van der Waals surface area contributed by atoms with Crippen LogP contribution in [0.25, 0.3) is 0 Å². The topological polar surface area (TPSA) is 65.7 Å². The molecule has 0 bridgehead atoms. The van der Waals surface area contributed by atoms with Crippen LogP contribution >= 0.6 is 0 Å². The summed E-state index contributed by atoms with van der Waals surface area (Å²) in [4.78, 5) is 24.9. The van der Waals surface area contributed by atoms with Gasteiger partial charge < -0.3 is 13.9 Å². The molecule has 2 atom stereocenters. The number of aryl methyl sites for hydroxylation is 1. The van der Waals surface area contributed by atoms with Gasteiger partial charge in [-0.25, -0.2) is 4.79 Å². The fraction of sp³-hybridized carbons (Fsp3) is 0.667. The summed E-state index contributed by atoms with van der Waals surface area (Å²) in [6.07, 6.45) is 32.8. The average molecular weight is 651 g/mol. The summed E-state index contributed by atoms with van der Waals surface area (Å²) >= 11 is 0. The van der Waals surface area contributed by atoms with Crippen molar-refractivity contribution in [1.82, 2.24) is 0 Å². The van der Waals surface area contributed by atoms with Crippen LogP contribution in [0.3, 0.4) is 0 Å². The Kier molecular flexibility index (Phi) is 20.9. The highest BCUT2D eigenvalue weighted by molar-refractivity contribution is 5.94. The number of hydrogen-bond acceptors (Lipinski definition) is 5. The molecule has 47 heavy (non-hydrogen) atoms. The molecule has 0 amide bonds. The standard InChI is InChI=1S/C42H66O5/c1-7-33(2)21-16-14-12-10-8-9-11-13-15-17-28-40(43)47-41-37(6)42(44)46-39(41)31-36(5)26-19-24-34(3)22-18-23-35(4)25-20-27-38-29-30-45-32-38/h22,25,29-33,36H,7-21,23-24,26-28H2,1-6H3/b34-22+,35-25+,39-31-/t33?,36-/m1/s1. The van der Waals surface area contributed by atoms with Crippen molar-refractivity contribution in [3.63, 3.8) is 0 Å². The van der Waals surface area contributed by atoms with Crippen LogP contribution in [0.15, 0.2) is 69.5 Å². The third kappa shape index (κ3) is 18.3. The smallest absolute Gasteiger partial charge is 0.343 e. The third-order valence-electron chi connectivity index (χ3n) is 9.52. The molecule has 1 aromatic rings. The first-order valence-electron chi connectivity index (χ1n) is 18.9. The fourth-order valence-corrected chi connectivity index (χ4v) is 6.00. The molecule has 2 heterocycles. The Morgan fingerprint density at radius 2 is 1.47 bits per heavy atom. The summed E-state index contributed by atoms with van der Waals surface area (Å²) < 4.78 is 16.3. The Balaban J connectivity index is 1.60. The summed E-state index contributed by atoms with van der Waals surface area (Å²) in [6, 6.07) is 2.03. The van der Waals surface area contributed by atoms with Gasteiger partial charge in [0.1, 0.15) is 0 Å². The van der Waals surface area contributed by atoms with Gasteiger partial charge in [0, 0.05) is 6.42 Å². The van der Waals surface area contributed by atoms with E-state index in [-0.39, 0.29) is 11.9 Å². The zero-order chi connectivity index (χ0) is 34.3. The minimum atomic E-state index is -0.425. The van der Waals surface area contributed by atoms with Gasteiger partial charge in [0.15, 0.2) is 11.5 Å². The van der Waals surface area contributed by atoms with E-state index in [0.29, 0.717) is 23.5 Å². The molecule has 5 nitrogen and oxygen atoms in total. The Morgan fingerprint density at radius 1 is 0.830 bits per heavy atom. The number of furan rings is 1. The van der Waals surface area contributed by atoms with Gasteiger partial charge in [0.2, 0.25) is 0 Å². The summed E-state index contributed by atoms with van der Waals surface area (Å²) in [5.74, 6) is 1.08. The van der Waals surface area contributed by atoms with E-state index in [4.69, 9.17) is 13.9 Å². The molecule has 1 aliphatic rings. The number of cyclic esters (lactones) is 1. The summed E-state index contributed by atoms with van der Waals surface area (Å²) in [5.41, 5.74) is 4.47. The van der Waals surface area contributed by atoms with Gasteiger partial charge in [0.25, 0.3) is 0 Å². The predicted molar refractivity (Wildman–Crippen MR) is 195 cm³/mol. The Hall–Kier alpha value is -2.82. The van der Waals surface area contributed by atoms with Gasteiger partial charge >= 0.3 is 11.9 Å². The molecule has 0 fully saturated rings. The van der Waals surface area contributed by atoms with Crippen LogP contribution in [0.1, 0.15) is 169 Å². The first-order valence-corrected chi connectivity index (χ1v) is 18.9. The molecule has 0 saturated heterocycles. The molecule has 0 aliphatic carbocycles. The molecule has 1 aliphatic heterocycles. The normalized spacial score (nSPS) is 16.2. The Bertz CT molecular complexity index is 1150. The van der Waals surface area contributed by atoms with Crippen molar-refractivity contribution in [2.45, 2.75) is 170 Å². The average Bonchev–Trinajstić information content (AvgIpc) is 3.65. The largest absolute Gasteiger partial charge is 0.472 e. The minimum absolute atomic E-state index is 0.204. The second-order valence-electron chi connectivity index (χ2n) is 14.1. The van der Waals surface area contributed by atoms with Crippen molar-refractivity contribution >= 4 is 11.9 Å². The summed E-state index contributed by atoms with van der Waals surface area (Å²) in [6.45, 7) is 12.9. The number of esters is 2. The second-order valence-corrected chi connectivity index (χ2v) is 14.1. The summed E-state index contributed by atoms with van der Waals surface area (Å²) in [5, 5.41) is 0. The molecule has 0 N–H and O–H groups in total. The fourth-order valence-electron chi connectivity index (χ4n) is 6.00. The lowest BCUT2D eigenvalue weighted by molar-refractivity contribution is -0.140. The molecule has 0 radical (unpaired) electrons. The second kappa shape index (κ2) is 24.3. The van der Waals surface area contributed by atoms with E-state index < -0.39 is 5.97 Å². The lowest BCUT2D eigenvalue weighted by Crippen LogP contribution is -2.06. The number of allylic oxidation sites excluding steroid dienone is 5. The van der Waals surface area contributed by atoms with E-state index in [2.05, 4.69) is 46.8 Å². The van der Waals surface area contributed by atoms with Gasteiger partial charge in [-0.2, -0.15) is 0 Å². The zero-order valence-electron chi connectivity index (χ0n) is 30.8. The van der Waals surface area contributed by atoms with Crippen LogP contribution in [0, 0.1) is 11.8 Å². The maximum Gasteiger partial charge on any atom is 0.343 e. The predicted octanol–water partition coefficient (Wildman–Crippen LogP) is 12.7. The molecule has 1 unspecified atom stereocenters. The van der Waals surface area contributed by atoms with Gasteiger partial charge in [-0.3, -0.25) is 4.79 Å².